The molecule has 0 amide bonds. The predicted octanol–water partition coefficient (Wildman–Crippen LogP) is 0.0906. The Morgan fingerprint density at radius 1 is 1.59 bits per heavy atom. The summed E-state index contributed by atoms with van der Waals surface area (Å²) in [6, 6.07) is 0.0496. The van der Waals surface area contributed by atoms with Gasteiger partial charge in [0.1, 0.15) is 5.82 Å². The number of hydrogen-bond acceptors (Lipinski definition) is 4. The molecule has 17 heavy (non-hydrogen) atoms. The number of hydrogen-bond donors (Lipinski definition) is 2. The van der Waals surface area contributed by atoms with Gasteiger partial charge >= 0.3 is 0 Å². The van der Waals surface area contributed by atoms with Crippen LogP contribution in [0.25, 0.3) is 0 Å². The van der Waals surface area contributed by atoms with Crippen LogP contribution in [0.15, 0.2) is 11.2 Å². The van der Waals surface area contributed by atoms with Gasteiger partial charge in [0.15, 0.2) is 5.03 Å². The van der Waals surface area contributed by atoms with Crippen molar-refractivity contribution in [3.05, 3.63) is 12.0 Å². The first-order valence-electron chi connectivity index (χ1n) is 5.80. The van der Waals surface area contributed by atoms with E-state index in [1.807, 2.05) is 6.92 Å². The van der Waals surface area contributed by atoms with E-state index in [2.05, 4.69) is 15.3 Å². The zero-order valence-corrected chi connectivity index (χ0v) is 10.9. The molecule has 0 aliphatic carbocycles. The van der Waals surface area contributed by atoms with Crippen LogP contribution >= 0.6 is 0 Å². The van der Waals surface area contributed by atoms with E-state index in [1.54, 1.807) is 11.2 Å². The number of H-pyrrole nitrogens is 1. The first-order valence-corrected chi connectivity index (χ1v) is 7.24. The average molecular weight is 258 g/mol. The van der Waals surface area contributed by atoms with Crippen LogP contribution in [0, 0.1) is 6.92 Å². The average Bonchev–Trinajstić information content (AvgIpc) is 2.89. The fourth-order valence-electron chi connectivity index (χ4n) is 2.17. The minimum absolute atomic E-state index is 0.0496. The Labute approximate surface area is 101 Å². The van der Waals surface area contributed by atoms with Crippen LogP contribution in [-0.2, 0) is 10.0 Å². The van der Waals surface area contributed by atoms with Crippen molar-refractivity contribution in [3.63, 3.8) is 0 Å². The summed E-state index contributed by atoms with van der Waals surface area (Å²) >= 11 is 0. The van der Waals surface area contributed by atoms with Crippen LogP contribution < -0.4 is 5.32 Å². The molecule has 7 heteroatoms. The molecule has 1 saturated heterocycles. The molecule has 1 unspecified atom stereocenters. The minimum atomic E-state index is -3.44. The molecule has 0 aromatic carbocycles. The summed E-state index contributed by atoms with van der Waals surface area (Å²) in [5.74, 6) is 0.615. The van der Waals surface area contributed by atoms with Crippen LogP contribution in [-0.4, -0.2) is 48.4 Å². The topological polar surface area (TPSA) is 78.1 Å². The second kappa shape index (κ2) is 4.75. The van der Waals surface area contributed by atoms with E-state index in [1.165, 1.54) is 6.20 Å². The van der Waals surface area contributed by atoms with Gasteiger partial charge in [0.2, 0.25) is 0 Å². The van der Waals surface area contributed by atoms with Crippen molar-refractivity contribution in [3.8, 4) is 0 Å². The molecule has 0 saturated carbocycles. The first kappa shape index (κ1) is 12.5. The summed E-state index contributed by atoms with van der Waals surface area (Å²) in [6.07, 6.45) is 2.25. The second-order valence-corrected chi connectivity index (χ2v) is 6.05. The van der Waals surface area contributed by atoms with Crippen LogP contribution in [0.3, 0.4) is 0 Å². The maximum atomic E-state index is 12.4. The molecule has 0 radical (unpaired) electrons. The Kier molecular flexibility index (Phi) is 3.50. The number of sulfonamides is 1. The van der Waals surface area contributed by atoms with Gasteiger partial charge in [0.25, 0.3) is 10.0 Å². The summed E-state index contributed by atoms with van der Waals surface area (Å²) in [5.41, 5.74) is 0. The van der Waals surface area contributed by atoms with E-state index in [9.17, 15) is 8.42 Å². The van der Waals surface area contributed by atoms with Gasteiger partial charge in [-0.05, 0) is 19.9 Å². The van der Waals surface area contributed by atoms with Gasteiger partial charge in [-0.3, -0.25) is 0 Å². The Morgan fingerprint density at radius 2 is 2.35 bits per heavy atom. The minimum Gasteiger partial charge on any atom is -0.332 e. The fourth-order valence-corrected chi connectivity index (χ4v) is 3.79. The molecular weight excluding hydrogens is 240 g/mol. The molecule has 0 spiro atoms. The molecule has 2 N–H and O–H groups in total. The highest BCUT2D eigenvalue weighted by molar-refractivity contribution is 7.89. The highest BCUT2D eigenvalue weighted by Crippen LogP contribution is 2.19. The smallest absolute Gasteiger partial charge is 0.260 e. The highest BCUT2D eigenvalue weighted by atomic mass is 32.2. The molecule has 6 nitrogen and oxygen atoms in total. The number of imidazole rings is 1. The van der Waals surface area contributed by atoms with Gasteiger partial charge in [-0.1, -0.05) is 6.92 Å². The first-order chi connectivity index (χ1) is 8.05. The third-order valence-corrected chi connectivity index (χ3v) is 4.96. The number of aromatic amines is 1. The van der Waals surface area contributed by atoms with Gasteiger partial charge in [0, 0.05) is 19.1 Å². The molecular formula is C10H18N4O2S. The van der Waals surface area contributed by atoms with Gasteiger partial charge in [-0.25, -0.2) is 13.4 Å². The lowest BCUT2D eigenvalue weighted by Crippen LogP contribution is -2.41. The van der Waals surface area contributed by atoms with Gasteiger partial charge in [-0.2, -0.15) is 4.31 Å². The number of nitrogens with one attached hydrogen (secondary N) is 2. The Hall–Kier alpha value is -0.920. The van der Waals surface area contributed by atoms with Crippen molar-refractivity contribution in [2.45, 2.75) is 31.3 Å². The van der Waals surface area contributed by atoms with E-state index in [0.717, 1.165) is 19.5 Å². The van der Waals surface area contributed by atoms with Gasteiger partial charge < -0.3 is 10.3 Å². The second-order valence-electron chi connectivity index (χ2n) is 4.19. The molecule has 0 bridgehead atoms. The summed E-state index contributed by atoms with van der Waals surface area (Å²) in [6.45, 7) is 5.68. The van der Waals surface area contributed by atoms with Gasteiger partial charge in [0.05, 0.1) is 6.20 Å². The maximum absolute atomic E-state index is 12.4. The molecule has 1 atom stereocenters. The van der Waals surface area contributed by atoms with Crippen LogP contribution in [0.4, 0.5) is 0 Å². The van der Waals surface area contributed by atoms with Crippen LogP contribution in [0.2, 0.25) is 0 Å². The van der Waals surface area contributed by atoms with Crippen LogP contribution in [0.5, 0.6) is 0 Å². The fraction of sp³-hybridized carbons (Fsp3) is 0.700. The molecule has 1 aliphatic heterocycles. The zero-order chi connectivity index (χ0) is 12.5. The molecule has 1 fully saturated rings. The quantitative estimate of drug-likeness (QED) is 0.802. The lowest BCUT2D eigenvalue weighted by Gasteiger charge is -2.25. The van der Waals surface area contributed by atoms with Crippen molar-refractivity contribution in [2.75, 3.05) is 19.6 Å². The van der Waals surface area contributed by atoms with Crippen molar-refractivity contribution < 1.29 is 8.42 Å². The largest absolute Gasteiger partial charge is 0.332 e. The summed E-state index contributed by atoms with van der Waals surface area (Å²) in [7, 11) is -3.44. The normalized spacial score (nSPS) is 21.2. The summed E-state index contributed by atoms with van der Waals surface area (Å²) in [5, 5.41) is 3.37. The van der Waals surface area contributed by atoms with Crippen molar-refractivity contribution in [1.29, 1.82) is 0 Å². The number of rotatable bonds is 4. The van der Waals surface area contributed by atoms with E-state index in [-0.39, 0.29) is 11.1 Å². The SMILES string of the molecule is CCN(C1CCNC1)S(=O)(=O)c1cnc(C)[nH]1. The van der Waals surface area contributed by atoms with Crippen molar-refractivity contribution in [1.82, 2.24) is 19.6 Å². The zero-order valence-electron chi connectivity index (χ0n) is 10.1. The van der Waals surface area contributed by atoms with Gasteiger partial charge in [-0.15, -0.1) is 0 Å². The number of likely N-dealkylation sites (N-methyl/N-ethyl adjacent to an activating group) is 1. The molecule has 2 heterocycles. The highest BCUT2D eigenvalue weighted by Gasteiger charge is 2.32. The van der Waals surface area contributed by atoms with Crippen LogP contribution in [0.1, 0.15) is 19.2 Å². The Morgan fingerprint density at radius 3 is 2.82 bits per heavy atom. The molecule has 1 aromatic rings. The molecule has 96 valence electrons. The summed E-state index contributed by atoms with van der Waals surface area (Å²) < 4.78 is 26.3. The predicted molar refractivity (Wildman–Crippen MR) is 64.2 cm³/mol. The monoisotopic (exact) mass is 258 g/mol. The van der Waals surface area contributed by atoms with E-state index < -0.39 is 10.0 Å². The third-order valence-electron chi connectivity index (χ3n) is 3.02. The van der Waals surface area contributed by atoms with Crippen molar-refractivity contribution >= 4 is 10.0 Å². The molecule has 2 rings (SSSR count). The Bertz CT molecular complexity index is 476. The number of nitrogens with zero attached hydrogens (tertiary/aromatic N) is 2. The number of aromatic nitrogens is 2. The number of aryl methyl sites for hydroxylation is 1. The van der Waals surface area contributed by atoms with E-state index >= 15 is 0 Å². The summed E-state index contributed by atoms with van der Waals surface area (Å²) in [4.78, 5) is 6.74. The Balaban J connectivity index is 2.29. The van der Waals surface area contributed by atoms with Crippen molar-refractivity contribution in [2.24, 2.45) is 0 Å². The van der Waals surface area contributed by atoms with E-state index in [0.29, 0.717) is 12.4 Å². The van der Waals surface area contributed by atoms with E-state index in [4.69, 9.17) is 0 Å². The lowest BCUT2D eigenvalue weighted by atomic mass is 10.3. The molecule has 1 aromatic heterocycles. The lowest BCUT2D eigenvalue weighted by molar-refractivity contribution is 0.347. The maximum Gasteiger partial charge on any atom is 0.260 e. The standard InChI is InChI=1S/C10H18N4O2S/c1-3-14(9-4-5-11-6-9)17(15,16)10-7-12-8(2)13-10/h7,9,11H,3-6H2,1-2H3,(H,12,13). The molecule has 1 aliphatic rings. The third kappa shape index (κ3) is 2.36.